The lowest BCUT2D eigenvalue weighted by Gasteiger charge is -2.40. The summed E-state index contributed by atoms with van der Waals surface area (Å²) in [5.41, 5.74) is 0.619. The van der Waals surface area contributed by atoms with Gasteiger partial charge >= 0.3 is 0 Å². The first kappa shape index (κ1) is 14.9. The van der Waals surface area contributed by atoms with Crippen molar-refractivity contribution in [2.24, 2.45) is 5.92 Å². The molecule has 1 atom stereocenters. The Bertz CT molecular complexity index is 585. The molecule has 1 aliphatic heterocycles. The number of carbonyl (C=O) groups excluding carboxylic acids is 1. The Labute approximate surface area is 129 Å². The number of amides is 1. The van der Waals surface area contributed by atoms with Crippen molar-refractivity contribution in [2.45, 2.75) is 32.7 Å². The van der Waals surface area contributed by atoms with Gasteiger partial charge in [-0.25, -0.2) is 9.37 Å². The average Bonchev–Trinajstić information content (AvgIpc) is 3.38. The van der Waals surface area contributed by atoms with Gasteiger partial charge in [-0.2, -0.15) is 0 Å². The summed E-state index contributed by atoms with van der Waals surface area (Å²) < 4.78 is 14.3. The SMILES string of the molecule is C/C(=C(/F)C(=O)N1CCN(c2cnccn2)C(C)C1)C1CC1. The number of hydrogen-bond acceptors (Lipinski definition) is 4. The zero-order chi connectivity index (χ0) is 15.7. The second-order valence-corrected chi connectivity index (χ2v) is 6.13. The van der Waals surface area contributed by atoms with E-state index in [1.54, 1.807) is 30.4 Å². The highest BCUT2D eigenvalue weighted by Gasteiger charge is 2.33. The molecule has 3 rings (SSSR count). The van der Waals surface area contributed by atoms with E-state index in [4.69, 9.17) is 0 Å². The number of piperazine rings is 1. The van der Waals surface area contributed by atoms with Crippen LogP contribution in [0.3, 0.4) is 0 Å². The molecule has 1 aromatic rings. The molecule has 1 aliphatic carbocycles. The van der Waals surface area contributed by atoms with E-state index in [2.05, 4.69) is 14.9 Å². The predicted molar refractivity (Wildman–Crippen MR) is 82.0 cm³/mol. The van der Waals surface area contributed by atoms with Crippen LogP contribution in [0.5, 0.6) is 0 Å². The van der Waals surface area contributed by atoms with Crippen LogP contribution in [0.1, 0.15) is 26.7 Å². The Balaban J connectivity index is 1.67. The number of allylic oxidation sites excluding steroid dienone is 1. The summed E-state index contributed by atoms with van der Waals surface area (Å²) in [7, 11) is 0. The van der Waals surface area contributed by atoms with Crippen molar-refractivity contribution in [3.05, 3.63) is 30.0 Å². The van der Waals surface area contributed by atoms with Crippen LogP contribution >= 0.6 is 0 Å². The summed E-state index contributed by atoms with van der Waals surface area (Å²) in [6.45, 7) is 5.40. The van der Waals surface area contributed by atoms with Gasteiger partial charge in [-0.3, -0.25) is 9.78 Å². The standard InChI is InChI=1S/C16H21FN4O/c1-11-10-20(16(22)15(17)12(2)13-3-4-13)7-8-21(11)14-9-18-5-6-19-14/h5-6,9,11,13H,3-4,7-8,10H2,1-2H3/b15-12-. The van der Waals surface area contributed by atoms with Crippen LogP contribution in [0.2, 0.25) is 0 Å². The zero-order valence-corrected chi connectivity index (χ0v) is 13.0. The fourth-order valence-corrected chi connectivity index (χ4v) is 2.93. The second kappa shape index (κ2) is 6.02. The van der Waals surface area contributed by atoms with Gasteiger partial charge in [0.05, 0.1) is 6.20 Å². The maximum atomic E-state index is 14.3. The van der Waals surface area contributed by atoms with Gasteiger partial charge in [-0.15, -0.1) is 0 Å². The summed E-state index contributed by atoms with van der Waals surface area (Å²) >= 11 is 0. The molecule has 0 aromatic carbocycles. The van der Waals surface area contributed by atoms with Gasteiger partial charge in [0.1, 0.15) is 5.82 Å². The largest absolute Gasteiger partial charge is 0.349 e. The highest BCUT2D eigenvalue weighted by atomic mass is 19.1. The molecule has 118 valence electrons. The number of hydrogen-bond donors (Lipinski definition) is 0. The fraction of sp³-hybridized carbons (Fsp3) is 0.562. The van der Waals surface area contributed by atoms with Gasteiger partial charge in [-0.1, -0.05) is 0 Å². The minimum absolute atomic E-state index is 0.0865. The third-order valence-electron chi connectivity index (χ3n) is 4.48. The van der Waals surface area contributed by atoms with Gasteiger partial charge in [0.2, 0.25) is 0 Å². The molecule has 2 fully saturated rings. The summed E-state index contributed by atoms with van der Waals surface area (Å²) in [4.78, 5) is 24.4. The summed E-state index contributed by atoms with van der Waals surface area (Å²) in [6, 6.07) is 0.0865. The molecule has 5 nitrogen and oxygen atoms in total. The number of halogens is 1. The van der Waals surface area contributed by atoms with Crippen LogP contribution in [-0.2, 0) is 4.79 Å². The summed E-state index contributed by atoms with van der Waals surface area (Å²) in [5, 5.41) is 0. The van der Waals surface area contributed by atoms with Gasteiger partial charge in [0.15, 0.2) is 5.83 Å². The lowest BCUT2D eigenvalue weighted by Crippen LogP contribution is -2.54. The van der Waals surface area contributed by atoms with E-state index in [0.717, 1.165) is 18.7 Å². The molecular formula is C16H21FN4O. The Morgan fingerprint density at radius 3 is 2.68 bits per heavy atom. The number of anilines is 1. The van der Waals surface area contributed by atoms with Crippen LogP contribution in [0.25, 0.3) is 0 Å². The highest BCUT2D eigenvalue weighted by Crippen LogP contribution is 2.38. The van der Waals surface area contributed by atoms with Crippen molar-refractivity contribution in [1.82, 2.24) is 14.9 Å². The minimum atomic E-state index is -0.553. The Morgan fingerprint density at radius 2 is 2.09 bits per heavy atom. The van der Waals surface area contributed by atoms with Crippen molar-refractivity contribution < 1.29 is 9.18 Å². The third-order valence-corrected chi connectivity index (χ3v) is 4.48. The minimum Gasteiger partial charge on any atom is -0.349 e. The molecule has 2 aliphatic rings. The third kappa shape index (κ3) is 2.96. The molecule has 1 aromatic heterocycles. The molecule has 1 amide bonds. The van der Waals surface area contributed by atoms with E-state index in [1.165, 1.54) is 0 Å². The number of aromatic nitrogens is 2. The maximum Gasteiger partial charge on any atom is 0.282 e. The molecule has 0 N–H and O–H groups in total. The van der Waals surface area contributed by atoms with E-state index in [1.807, 2.05) is 6.92 Å². The van der Waals surface area contributed by atoms with E-state index in [9.17, 15) is 9.18 Å². The number of nitrogens with zero attached hydrogens (tertiary/aromatic N) is 4. The normalized spacial score (nSPS) is 23.3. The topological polar surface area (TPSA) is 49.3 Å². The lowest BCUT2D eigenvalue weighted by atomic mass is 10.1. The van der Waals surface area contributed by atoms with Gasteiger partial charge in [0.25, 0.3) is 5.91 Å². The molecule has 0 spiro atoms. The maximum absolute atomic E-state index is 14.3. The van der Waals surface area contributed by atoms with Crippen LogP contribution < -0.4 is 4.90 Å². The molecule has 1 saturated heterocycles. The van der Waals surface area contributed by atoms with Crippen LogP contribution in [0.15, 0.2) is 30.0 Å². The molecule has 22 heavy (non-hydrogen) atoms. The predicted octanol–water partition coefficient (Wildman–Crippen LogP) is 2.17. The monoisotopic (exact) mass is 304 g/mol. The molecule has 0 radical (unpaired) electrons. The highest BCUT2D eigenvalue weighted by molar-refractivity contribution is 5.92. The molecule has 0 bridgehead atoms. The van der Waals surface area contributed by atoms with E-state index < -0.39 is 11.7 Å². The van der Waals surface area contributed by atoms with Gasteiger partial charge in [-0.05, 0) is 38.2 Å². The molecular weight excluding hydrogens is 283 g/mol. The summed E-state index contributed by atoms with van der Waals surface area (Å²) in [6.07, 6.45) is 7.01. The number of carbonyl (C=O) groups is 1. The Hall–Kier alpha value is -1.98. The van der Waals surface area contributed by atoms with Crippen molar-refractivity contribution in [3.63, 3.8) is 0 Å². The quantitative estimate of drug-likeness (QED) is 0.803. The van der Waals surface area contributed by atoms with E-state index >= 15 is 0 Å². The van der Waals surface area contributed by atoms with Crippen LogP contribution in [0, 0.1) is 5.92 Å². The number of rotatable bonds is 3. The van der Waals surface area contributed by atoms with E-state index in [-0.39, 0.29) is 12.0 Å². The van der Waals surface area contributed by atoms with Crippen LogP contribution in [-0.4, -0.2) is 46.5 Å². The molecule has 6 heteroatoms. The second-order valence-electron chi connectivity index (χ2n) is 6.13. The van der Waals surface area contributed by atoms with Gasteiger partial charge < -0.3 is 9.80 Å². The Morgan fingerprint density at radius 1 is 1.32 bits per heavy atom. The molecule has 1 unspecified atom stereocenters. The first-order chi connectivity index (χ1) is 10.6. The first-order valence-corrected chi connectivity index (χ1v) is 7.76. The molecule has 2 heterocycles. The lowest BCUT2D eigenvalue weighted by molar-refractivity contribution is -0.129. The zero-order valence-electron chi connectivity index (χ0n) is 13.0. The van der Waals surface area contributed by atoms with Gasteiger partial charge in [0, 0.05) is 38.1 Å². The van der Waals surface area contributed by atoms with Crippen molar-refractivity contribution in [3.8, 4) is 0 Å². The Kier molecular flexibility index (Phi) is 4.09. The van der Waals surface area contributed by atoms with Crippen molar-refractivity contribution in [2.75, 3.05) is 24.5 Å². The van der Waals surface area contributed by atoms with E-state index in [0.29, 0.717) is 25.2 Å². The average molecular weight is 304 g/mol. The smallest absolute Gasteiger partial charge is 0.282 e. The van der Waals surface area contributed by atoms with Crippen molar-refractivity contribution >= 4 is 11.7 Å². The summed E-state index contributed by atoms with van der Waals surface area (Å²) in [5.74, 6) is 0.0622. The fourth-order valence-electron chi connectivity index (χ4n) is 2.93. The first-order valence-electron chi connectivity index (χ1n) is 7.76. The van der Waals surface area contributed by atoms with Crippen LogP contribution in [0.4, 0.5) is 10.2 Å². The van der Waals surface area contributed by atoms with Crippen molar-refractivity contribution in [1.29, 1.82) is 0 Å². The molecule has 1 saturated carbocycles.